The highest BCUT2D eigenvalue weighted by Crippen LogP contribution is 2.19. The van der Waals surface area contributed by atoms with E-state index >= 15 is 0 Å². The van der Waals surface area contributed by atoms with E-state index in [9.17, 15) is 0 Å². The Labute approximate surface area is 150 Å². The smallest absolute Gasteiger partial charge is 0.200 e. The van der Waals surface area contributed by atoms with Gasteiger partial charge in [-0.1, -0.05) is 60.7 Å². The molecule has 1 unspecified atom stereocenters. The van der Waals surface area contributed by atoms with Crippen LogP contribution < -0.4 is 5.32 Å². The molecule has 130 valence electrons. The number of nitrogens with one attached hydrogen (secondary N) is 1. The van der Waals surface area contributed by atoms with E-state index in [4.69, 9.17) is 4.74 Å². The lowest BCUT2D eigenvalue weighted by atomic mass is 10.1. The van der Waals surface area contributed by atoms with Gasteiger partial charge in [-0.2, -0.15) is 0 Å². The molecule has 26 heavy (non-hydrogen) atoms. The molecule has 2 heterocycles. The Kier molecular flexibility index (Phi) is 4.79. The van der Waals surface area contributed by atoms with Crippen molar-refractivity contribution in [3.63, 3.8) is 0 Å². The van der Waals surface area contributed by atoms with Crippen molar-refractivity contribution in [2.45, 2.75) is 12.6 Å². The molecular formula is C19H18N6O. The van der Waals surface area contributed by atoms with Gasteiger partial charge in [0.15, 0.2) is 5.65 Å². The number of rotatable bonds is 7. The zero-order valence-corrected chi connectivity index (χ0v) is 14.1. The highest BCUT2D eigenvalue weighted by molar-refractivity contribution is 5.44. The predicted octanol–water partition coefficient (Wildman–Crippen LogP) is 2.89. The summed E-state index contributed by atoms with van der Waals surface area (Å²) < 4.78 is 7.34. The van der Waals surface area contributed by atoms with Crippen LogP contribution in [0.1, 0.15) is 17.2 Å². The molecule has 0 fully saturated rings. The average molecular weight is 346 g/mol. The summed E-state index contributed by atoms with van der Waals surface area (Å²) in [4.78, 5) is 0. The van der Waals surface area contributed by atoms with Crippen molar-refractivity contribution in [1.29, 1.82) is 0 Å². The van der Waals surface area contributed by atoms with Crippen LogP contribution in [0.2, 0.25) is 0 Å². The largest absolute Gasteiger partial charge is 0.374 e. The second-order valence-electron chi connectivity index (χ2n) is 5.85. The number of aromatic nitrogens is 5. The molecule has 0 saturated carbocycles. The SMILES string of the molecule is c1ccc(COCC(Nc2ccc3nnnn3n2)c2ccccc2)cc1. The van der Waals surface area contributed by atoms with Crippen molar-refractivity contribution in [1.82, 2.24) is 25.3 Å². The molecule has 7 nitrogen and oxygen atoms in total. The van der Waals surface area contributed by atoms with Crippen LogP contribution in [0.4, 0.5) is 5.82 Å². The average Bonchev–Trinajstić information content (AvgIpc) is 3.16. The number of anilines is 1. The van der Waals surface area contributed by atoms with E-state index in [1.54, 1.807) is 0 Å². The van der Waals surface area contributed by atoms with Gasteiger partial charge < -0.3 is 10.1 Å². The lowest BCUT2D eigenvalue weighted by Gasteiger charge is -2.20. The van der Waals surface area contributed by atoms with E-state index < -0.39 is 0 Å². The topological polar surface area (TPSA) is 77.2 Å². The van der Waals surface area contributed by atoms with Crippen molar-refractivity contribution in [2.24, 2.45) is 0 Å². The van der Waals surface area contributed by atoms with Gasteiger partial charge in [-0.3, -0.25) is 0 Å². The Hall–Kier alpha value is -3.32. The molecule has 2 aromatic carbocycles. The Bertz CT molecular complexity index is 957. The first-order chi connectivity index (χ1) is 12.9. The maximum Gasteiger partial charge on any atom is 0.200 e. The van der Waals surface area contributed by atoms with Gasteiger partial charge in [0, 0.05) is 0 Å². The van der Waals surface area contributed by atoms with Crippen LogP contribution in [0.5, 0.6) is 0 Å². The molecule has 0 aliphatic rings. The molecular weight excluding hydrogens is 328 g/mol. The maximum atomic E-state index is 5.94. The second kappa shape index (κ2) is 7.71. The normalized spacial score (nSPS) is 12.2. The van der Waals surface area contributed by atoms with Crippen LogP contribution in [-0.2, 0) is 11.3 Å². The summed E-state index contributed by atoms with van der Waals surface area (Å²) in [7, 11) is 0. The summed E-state index contributed by atoms with van der Waals surface area (Å²) in [6.07, 6.45) is 0. The summed E-state index contributed by atoms with van der Waals surface area (Å²) in [6.45, 7) is 1.07. The van der Waals surface area contributed by atoms with Crippen LogP contribution >= 0.6 is 0 Å². The molecule has 0 spiro atoms. The third kappa shape index (κ3) is 3.84. The molecule has 0 bridgehead atoms. The third-order valence-electron chi connectivity index (χ3n) is 3.99. The Morgan fingerprint density at radius 3 is 2.50 bits per heavy atom. The first-order valence-electron chi connectivity index (χ1n) is 8.37. The van der Waals surface area contributed by atoms with E-state index in [2.05, 4.69) is 50.2 Å². The van der Waals surface area contributed by atoms with Gasteiger partial charge >= 0.3 is 0 Å². The van der Waals surface area contributed by atoms with Crippen LogP contribution in [0.15, 0.2) is 72.8 Å². The van der Waals surface area contributed by atoms with Gasteiger partial charge in [0.2, 0.25) is 0 Å². The van der Waals surface area contributed by atoms with E-state index in [0.29, 0.717) is 24.7 Å². The fourth-order valence-electron chi connectivity index (χ4n) is 2.68. The van der Waals surface area contributed by atoms with Crippen molar-refractivity contribution in [2.75, 3.05) is 11.9 Å². The van der Waals surface area contributed by atoms with Crippen molar-refractivity contribution in [3.05, 3.63) is 83.9 Å². The van der Waals surface area contributed by atoms with E-state index in [1.165, 1.54) is 4.63 Å². The molecule has 2 aromatic heterocycles. The van der Waals surface area contributed by atoms with E-state index in [-0.39, 0.29) is 6.04 Å². The van der Waals surface area contributed by atoms with Crippen LogP contribution in [0.25, 0.3) is 5.65 Å². The number of ether oxygens (including phenoxy) is 1. The van der Waals surface area contributed by atoms with Crippen molar-refractivity contribution in [3.8, 4) is 0 Å². The van der Waals surface area contributed by atoms with Crippen molar-refractivity contribution >= 4 is 11.5 Å². The van der Waals surface area contributed by atoms with Crippen LogP contribution in [0.3, 0.4) is 0 Å². The molecule has 0 saturated heterocycles. The van der Waals surface area contributed by atoms with Gasteiger partial charge in [0.25, 0.3) is 0 Å². The number of tetrazole rings is 1. The number of hydrogen-bond acceptors (Lipinski definition) is 6. The summed E-state index contributed by atoms with van der Waals surface area (Å²) in [6, 6.07) is 23.9. The second-order valence-corrected chi connectivity index (χ2v) is 5.85. The lowest BCUT2D eigenvalue weighted by Crippen LogP contribution is -2.18. The summed E-state index contributed by atoms with van der Waals surface area (Å²) >= 11 is 0. The van der Waals surface area contributed by atoms with Crippen LogP contribution in [-0.4, -0.2) is 31.9 Å². The molecule has 4 rings (SSSR count). The monoisotopic (exact) mass is 346 g/mol. The first kappa shape index (κ1) is 16.2. The summed E-state index contributed by atoms with van der Waals surface area (Å²) in [5, 5.41) is 19.1. The minimum absolute atomic E-state index is 0.0404. The van der Waals surface area contributed by atoms with Gasteiger partial charge in [-0.05, 0) is 33.7 Å². The molecule has 0 amide bonds. The Morgan fingerprint density at radius 2 is 1.69 bits per heavy atom. The zero-order valence-electron chi connectivity index (χ0n) is 14.1. The van der Waals surface area contributed by atoms with E-state index in [1.807, 2.05) is 48.5 Å². The number of hydrogen-bond donors (Lipinski definition) is 1. The predicted molar refractivity (Wildman–Crippen MR) is 97.5 cm³/mol. The molecule has 7 heteroatoms. The number of nitrogens with zero attached hydrogens (tertiary/aromatic N) is 5. The Balaban J connectivity index is 1.49. The third-order valence-corrected chi connectivity index (χ3v) is 3.99. The molecule has 0 aliphatic carbocycles. The molecule has 1 atom stereocenters. The summed E-state index contributed by atoms with van der Waals surface area (Å²) in [5.41, 5.74) is 2.87. The van der Waals surface area contributed by atoms with Gasteiger partial charge in [-0.25, -0.2) is 0 Å². The zero-order chi connectivity index (χ0) is 17.6. The number of benzene rings is 2. The van der Waals surface area contributed by atoms with Gasteiger partial charge in [0.1, 0.15) is 5.82 Å². The van der Waals surface area contributed by atoms with E-state index in [0.717, 1.165) is 11.1 Å². The maximum absolute atomic E-state index is 5.94. The Morgan fingerprint density at radius 1 is 0.923 bits per heavy atom. The lowest BCUT2D eigenvalue weighted by molar-refractivity contribution is 0.112. The van der Waals surface area contributed by atoms with Crippen LogP contribution in [0, 0.1) is 0 Å². The first-order valence-corrected chi connectivity index (χ1v) is 8.37. The van der Waals surface area contributed by atoms with Gasteiger partial charge in [-0.15, -0.1) is 14.8 Å². The summed E-state index contributed by atoms with van der Waals surface area (Å²) in [5.74, 6) is 0.682. The fraction of sp³-hybridized carbons (Fsp3) is 0.158. The van der Waals surface area contributed by atoms with Crippen molar-refractivity contribution < 1.29 is 4.74 Å². The number of fused-ring (bicyclic) bond motifs is 1. The molecule has 0 radical (unpaired) electrons. The fourth-order valence-corrected chi connectivity index (χ4v) is 2.68. The minimum Gasteiger partial charge on any atom is -0.374 e. The molecule has 1 N–H and O–H groups in total. The molecule has 0 aliphatic heterocycles. The highest BCUT2D eigenvalue weighted by Gasteiger charge is 2.13. The quantitative estimate of drug-likeness (QED) is 0.554. The standard InChI is InChI=1S/C19H18N6O/c1-3-7-15(8-4-1)13-26-14-17(16-9-5-2-6-10-16)20-18-11-12-19-21-23-24-25(19)22-18/h1-12,17H,13-14H2,(H,20,22). The minimum atomic E-state index is -0.0404. The highest BCUT2D eigenvalue weighted by atomic mass is 16.5. The molecule has 4 aromatic rings. The van der Waals surface area contributed by atoms with Gasteiger partial charge in [0.05, 0.1) is 19.3 Å².